The predicted octanol–water partition coefficient (Wildman–Crippen LogP) is 3.17. The van der Waals surface area contributed by atoms with Crippen molar-refractivity contribution in [3.05, 3.63) is 0 Å². The van der Waals surface area contributed by atoms with Gasteiger partial charge in [-0.05, 0) is 19.3 Å². The molecule has 0 heterocycles. The lowest BCUT2D eigenvalue weighted by Gasteiger charge is -2.18. The molecule has 0 aromatic heterocycles. The predicted molar refractivity (Wildman–Crippen MR) is 85.8 cm³/mol. The molecule has 0 radical (unpaired) electrons. The molecule has 0 aliphatic rings. The molecule has 6 nitrogen and oxygen atoms in total. The molecule has 1 atom stereocenters. The highest BCUT2D eigenvalue weighted by Gasteiger charge is 2.19. The van der Waals surface area contributed by atoms with Gasteiger partial charge >= 0.3 is 17.9 Å². The van der Waals surface area contributed by atoms with Crippen molar-refractivity contribution < 1.29 is 28.6 Å². The Kier molecular flexibility index (Phi) is 13.1. The maximum atomic E-state index is 11.7. The number of carbonyl (C=O) groups excluding carboxylic acids is 3. The third kappa shape index (κ3) is 12.6. The van der Waals surface area contributed by atoms with Gasteiger partial charge in [0.05, 0.1) is 0 Å². The Morgan fingerprint density at radius 3 is 1.65 bits per heavy atom. The molecule has 23 heavy (non-hydrogen) atoms. The summed E-state index contributed by atoms with van der Waals surface area (Å²) in [5, 5.41) is 0. The van der Waals surface area contributed by atoms with Gasteiger partial charge in [0.1, 0.15) is 13.2 Å². The summed E-state index contributed by atoms with van der Waals surface area (Å²) in [5.74, 6) is -1.05. The van der Waals surface area contributed by atoms with Gasteiger partial charge in [0, 0.05) is 19.3 Å². The second-order valence-corrected chi connectivity index (χ2v) is 5.44. The van der Waals surface area contributed by atoms with E-state index >= 15 is 0 Å². The van der Waals surface area contributed by atoms with Crippen LogP contribution in [-0.4, -0.2) is 37.2 Å². The molecule has 0 N–H and O–H groups in total. The van der Waals surface area contributed by atoms with Gasteiger partial charge in [-0.2, -0.15) is 0 Å². The van der Waals surface area contributed by atoms with Crippen molar-refractivity contribution >= 4 is 17.9 Å². The van der Waals surface area contributed by atoms with E-state index in [1.165, 1.54) is 0 Å². The van der Waals surface area contributed by atoms with Crippen molar-refractivity contribution in [2.24, 2.45) is 0 Å². The Morgan fingerprint density at radius 2 is 1.17 bits per heavy atom. The maximum absolute atomic E-state index is 11.7. The van der Waals surface area contributed by atoms with E-state index in [1.54, 1.807) is 0 Å². The molecule has 0 amide bonds. The molecule has 6 heteroatoms. The molecule has 0 aliphatic heterocycles. The van der Waals surface area contributed by atoms with Crippen molar-refractivity contribution in [3.8, 4) is 0 Å². The molecule has 0 saturated heterocycles. The minimum atomic E-state index is -0.745. The normalized spacial score (nSPS) is 11.6. The SMILES string of the molecule is CCCCC(=O)OCC(COC(=O)CCC)OC(=O)CCCC. The molecule has 134 valence electrons. The molecule has 0 spiro atoms. The third-order valence-corrected chi connectivity index (χ3v) is 3.08. The second kappa shape index (κ2) is 14.0. The average Bonchev–Trinajstić information content (AvgIpc) is 2.53. The van der Waals surface area contributed by atoms with Crippen LogP contribution in [0.4, 0.5) is 0 Å². The molecule has 0 saturated carbocycles. The van der Waals surface area contributed by atoms with Crippen LogP contribution in [0.25, 0.3) is 0 Å². The first-order chi connectivity index (χ1) is 11.0. The number of hydrogen-bond donors (Lipinski definition) is 0. The van der Waals surface area contributed by atoms with E-state index in [9.17, 15) is 14.4 Å². The first-order valence-corrected chi connectivity index (χ1v) is 8.54. The highest BCUT2D eigenvalue weighted by molar-refractivity contribution is 5.71. The third-order valence-electron chi connectivity index (χ3n) is 3.08. The Bertz CT molecular complexity index is 353. The van der Waals surface area contributed by atoms with E-state index in [4.69, 9.17) is 14.2 Å². The van der Waals surface area contributed by atoms with Crippen LogP contribution in [0.2, 0.25) is 0 Å². The summed E-state index contributed by atoms with van der Waals surface area (Å²) in [4.78, 5) is 34.6. The molecular formula is C17H30O6. The Hall–Kier alpha value is -1.59. The van der Waals surface area contributed by atoms with Gasteiger partial charge in [-0.15, -0.1) is 0 Å². The van der Waals surface area contributed by atoms with Crippen LogP contribution in [-0.2, 0) is 28.6 Å². The zero-order chi connectivity index (χ0) is 17.5. The summed E-state index contributed by atoms with van der Waals surface area (Å²) in [6.07, 6.45) is 4.17. The first kappa shape index (κ1) is 21.4. The van der Waals surface area contributed by atoms with Crippen LogP contribution in [0, 0.1) is 0 Å². The molecule has 0 bridgehead atoms. The lowest BCUT2D eigenvalue weighted by atomic mass is 10.2. The lowest BCUT2D eigenvalue weighted by molar-refractivity contribution is -0.166. The van der Waals surface area contributed by atoms with E-state index in [1.807, 2.05) is 20.8 Å². The summed E-state index contributed by atoms with van der Waals surface area (Å²) in [6, 6.07) is 0. The maximum Gasteiger partial charge on any atom is 0.306 e. The smallest absolute Gasteiger partial charge is 0.306 e. The number of ether oxygens (including phenoxy) is 3. The Labute approximate surface area is 138 Å². The number of unbranched alkanes of at least 4 members (excludes halogenated alkanes) is 2. The molecular weight excluding hydrogens is 300 g/mol. The Balaban J connectivity index is 4.32. The van der Waals surface area contributed by atoms with Gasteiger partial charge in [0.15, 0.2) is 6.10 Å². The largest absolute Gasteiger partial charge is 0.462 e. The van der Waals surface area contributed by atoms with Crippen LogP contribution in [0.15, 0.2) is 0 Å². The van der Waals surface area contributed by atoms with E-state index in [-0.39, 0.29) is 31.1 Å². The topological polar surface area (TPSA) is 78.9 Å². The van der Waals surface area contributed by atoms with Crippen LogP contribution in [0.5, 0.6) is 0 Å². The molecule has 0 aromatic carbocycles. The highest BCUT2D eigenvalue weighted by Crippen LogP contribution is 2.05. The summed E-state index contributed by atoms with van der Waals surface area (Å²) < 4.78 is 15.4. The van der Waals surface area contributed by atoms with Gasteiger partial charge in [0.2, 0.25) is 0 Å². The number of hydrogen-bond acceptors (Lipinski definition) is 6. The van der Waals surface area contributed by atoms with E-state index in [0.29, 0.717) is 25.7 Å². The number of carbonyl (C=O) groups is 3. The van der Waals surface area contributed by atoms with Crippen LogP contribution in [0.1, 0.15) is 72.1 Å². The van der Waals surface area contributed by atoms with Gasteiger partial charge in [-0.3, -0.25) is 14.4 Å². The molecule has 0 fully saturated rings. The molecule has 1 unspecified atom stereocenters. The first-order valence-electron chi connectivity index (χ1n) is 8.54. The van der Waals surface area contributed by atoms with Crippen molar-refractivity contribution in [1.82, 2.24) is 0 Å². The van der Waals surface area contributed by atoms with Crippen LogP contribution >= 0.6 is 0 Å². The van der Waals surface area contributed by atoms with Gasteiger partial charge in [-0.25, -0.2) is 0 Å². The van der Waals surface area contributed by atoms with E-state index in [2.05, 4.69) is 0 Å². The van der Waals surface area contributed by atoms with Crippen molar-refractivity contribution in [1.29, 1.82) is 0 Å². The van der Waals surface area contributed by atoms with Crippen molar-refractivity contribution in [2.75, 3.05) is 13.2 Å². The van der Waals surface area contributed by atoms with Crippen LogP contribution < -0.4 is 0 Å². The summed E-state index contributed by atoms with van der Waals surface area (Å²) in [7, 11) is 0. The van der Waals surface area contributed by atoms with E-state index in [0.717, 1.165) is 25.7 Å². The summed E-state index contributed by atoms with van der Waals surface area (Å²) >= 11 is 0. The fourth-order valence-corrected chi connectivity index (χ4v) is 1.72. The fourth-order valence-electron chi connectivity index (χ4n) is 1.72. The fraction of sp³-hybridized carbons (Fsp3) is 0.824. The van der Waals surface area contributed by atoms with Crippen LogP contribution in [0.3, 0.4) is 0 Å². The summed E-state index contributed by atoms with van der Waals surface area (Å²) in [5.41, 5.74) is 0. The van der Waals surface area contributed by atoms with Gasteiger partial charge in [-0.1, -0.05) is 33.6 Å². The zero-order valence-corrected chi connectivity index (χ0v) is 14.6. The van der Waals surface area contributed by atoms with Crippen molar-refractivity contribution in [3.63, 3.8) is 0 Å². The molecule has 0 aliphatic carbocycles. The second-order valence-electron chi connectivity index (χ2n) is 5.44. The zero-order valence-electron chi connectivity index (χ0n) is 14.6. The van der Waals surface area contributed by atoms with Gasteiger partial charge in [0.25, 0.3) is 0 Å². The van der Waals surface area contributed by atoms with E-state index < -0.39 is 6.10 Å². The Morgan fingerprint density at radius 1 is 0.696 bits per heavy atom. The summed E-state index contributed by atoms with van der Waals surface area (Å²) in [6.45, 7) is 5.67. The molecule has 0 rings (SSSR count). The lowest BCUT2D eigenvalue weighted by Crippen LogP contribution is -2.30. The minimum Gasteiger partial charge on any atom is -0.462 e. The number of rotatable bonds is 13. The quantitative estimate of drug-likeness (QED) is 0.381. The number of esters is 3. The van der Waals surface area contributed by atoms with Crippen molar-refractivity contribution in [2.45, 2.75) is 78.2 Å². The monoisotopic (exact) mass is 330 g/mol. The standard InChI is InChI=1S/C17H30O6/c1-4-7-10-16(19)22-13-14(12-21-15(18)9-6-3)23-17(20)11-8-5-2/h14H,4-13H2,1-3H3. The average molecular weight is 330 g/mol. The van der Waals surface area contributed by atoms with Gasteiger partial charge < -0.3 is 14.2 Å². The highest BCUT2D eigenvalue weighted by atomic mass is 16.6. The molecule has 0 aromatic rings. The minimum absolute atomic E-state index is 0.0835.